The fraction of sp³-hybridized carbons (Fsp3) is 0.200. The van der Waals surface area contributed by atoms with Gasteiger partial charge < -0.3 is 16.0 Å². The van der Waals surface area contributed by atoms with Gasteiger partial charge in [0.05, 0.1) is 0 Å². The zero-order chi connectivity index (χ0) is 21.2. The number of nitrogens with zero attached hydrogens (tertiary/aromatic N) is 1. The van der Waals surface area contributed by atoms with Crippen molar-refractivity contribution in [3.05, 3.63) is 58.6 Å². The van der Waals surface area contributed by atoms with Crippen molar-refractivity contribution in [2.45, 2.75) is 19.4 Å². The molecule has 0 aliphatic carbocycles. The highest BCUT2D eigenvalue weighted by Gasteiger charge is 2.50. The van der Waals surface area contributed by atoms with Crippen LogP contribution in [0.4, 0.5) is 16.2 Å². The van der Waals surface area contributed by atoms with E-state index in [0.29, 0.717) is 21.4 Å². The molecule has 3 N–H and O–H groups in total. The average molecular weight is 459 g/mol. The van der Waals surface area contributed by atoms with Crippen LogP contribution in [0.3, 0.4) is 0 Å². The highest BCUT2D eigenvalue weighted by atomic mass is 79.9. The van der Waals surface area contributed by atoms with Crippen molar-refractivity contribution in [1.29, 1.82) is 0 Å². The Morgan fingerprint density at radius 2 is 1.72 bits per heavy atom. The van der Waals surface area contributed by atoms with Gasteiger partial charge in [0.25, 0.3) is 5.91 Å². The summed E-state index contributed by atoms with van der Waals surface area (Å²) in [7, 11) is 0. The van der Waals surface area contributed by atoms with Gasteiger partial charge in [0.1, 0.15) is 12.1 Å². The Morgan fingerprint density at radius 1 is 1.07 bits per heavy atom. The summed E-state index contributed by atoms with van der Waals surface area (Å²) in [5.74, 6) is -1.29. The maximum absolute atomic E-state index is 12.9. The predicted molar refractivity (Wildman–Crippen MR) is 111 cm³/mol. The molecule has 29 heavy (non-hydrogen) atoms. The monoisotopic (exact) mass is 458 g/mol. The first-order valence-corrected chi connectivity index (χ1v) is 9.56. The van der Waals surface area contributed by atoms with E-state index in [1.165, 1.54) is 6.92 Å². The van der Waals surface area contributed by atoms with Gasteiger partial charge in [-0.3, -0.25) is 19.3 Å². The average Bonchev–Trinajstić information content (AvgIpc) is 2.85. The van der Waals surface area contributed by atoms with Crippen LogP contribution in [0.2, 0.25) is 0 Å². The standard InChI is InChI=1S/C20H19BrN4O4/c1-12(26)22-13-6-5-7-14(10-13)23-17(27)11-25-18(28)20(2,24-19(25)29)15-8-3-4-9-16(15)21/h3-10H,11H2,1-2H3,(H,22,26)(H,23,27)(H,24,29)/t20-/m1/s1. The van der Waals surface area contributed by atoms with Gasteiger partial charge in [-0.05, 0) is 31.2 Å². The molecule has 2 aromatic carbocycles. The van der Waals surface area contributed by atoms with Gasteiger partial charge in [-0.15, -0.1) is 0 Å². The summed E-state index contributed by atoms with van der Waals surface area (Å²) in [5.41, 5.74) is 0.279. The van der Waals surface area contributed by atoms with Gasteiger partial charge in [0.2, 0.25) is 11.8 Å². The van der Waals surface area contributed by atoms with Crippen molar-refractivity contribution in [2.75, 3.05) is 17.2 Å². The Hall–Kier alpha value is -3.20. The Kier molecular flexibility index (Phi) is 5.69. The Balaban J connectivity index is 1.73. The predicted octanol–water partition coefficient (Wildman–Crippen LogP) is 2.81. The molecule has 0 aromatic heterocycles. The Labute approximate surface area is 175 Å². The molecule has 0 radical (unpaired) electrons. The molecule has 1 aliphatic rings. The van der Waals surface area contributed by atoms with E-state index in [4.69, 9.17) is 0 Å². The number of hydrogen-bond acceptors (Lipinski definition) is 4. The largest absolute Gasteiger partial charge is 0.326 e. The van der Waals surface area contributed by atoms with Gasteiger partial charge in [-0.25, -0.2) is 4.79 Å². The summed E-state index contributed by atoms with van der Waals surface area (Å²) < 4.78 is 0.678. The number of carbonyl (C=O) groups excluding carboxylic acids is 4. The van der Waals surface area contributed by atoms with E-state index >= 15 is 0 Å². The lowest BCUT2D eigenvalue weighted by Gasteiger charge is -2.23. The van der Waals surface area contributed by atoms with Crippen molar-refractivity contribution < 1.29 is 19.2 Å². The number of benzene rings is 2. The van der Waals surface area contributed by atoms with Crippen LogP contribution in [0.25, 0.3) is 0 Å². The Morgan fingerprint density at radius 3 is 2.38 bits per heavy atom. The first-order chi connectivity index (χ1) is 13.7. The third kappa shape index (κ3) is 4.29. The minimum atomic E-state index is -1.28. The minimum Gasteiger partial charge on any atom is -0.326 e. The van der Waals surface area contributed by atoms with E-state index in [-0.39, 0.29) is 5.91 Å². The molecule has 0 unspecified atom stereocenters. The number of carbonyl (C=O) groups is 4. The maximum Gasteiger partial charge on any atom is 0.325 e. The van der Waals surface area contributed by atoms with Crippen LogP contribution in [0.5, 0.6) is 0 Å². The summed E-state index contributed by atoms with van der Waals surface area (Å²) in [6.07, 6.45) is 0. The van der Waals surface area contributed by atoms with Crippen LogP contribution in [0.15, 0.2) is 53.0 Å². The molecule has 0 bridgehead atoms. The van der Waals surface area contributed by atoms with Crippen molar-refractivity contribution in [3.63, 3.8) is 0 Å². The molecule has 1 fully saturated rings. The molecule has 8 nitrogen and oxygen atoms in total. The minimum absolute atomic E-state index is 0.237. The number of amides is 5. The van der Waals surface area contributed by atoms with Crippen LogP contribution in [-0.4, -0.2) is 35.2 Å². The van der Waals surface area contributed by atoms with E-state index in [0.717, 1.165) is 4.90 Å². The third-order valence-electron chi connectivity index (χ3n) is 4.46. The zero-order valence-corrected chi connectivity index (χ0v) is 17.4. The first kappa shape index (κ1) is 20.5. The molecule has 0 saturated carbocycles. The summed E-state index contributed by atoms with van der Waals surface area (Å²) in [4.78, 5) is 49.8. The van der Waals surface area contributed by atoms with Crippen molar-refractivity contribution in [3.8, 4) is 0 Å². The lowest BCUT2D eigenvalue weighted by molar-refractivity contribution is -0.133. The Bertz CT molecular complexity index is 1010. The lowest BCUT2D eigenvalue weighted by atomic mass is 9.92. The summed E-state index contributed by atoms with van der Waals surface area (Å²) >= 11 is 3.40. The van der Waals surface area contributed by atoms with Crippen LogP contribution in [0.1, 0.15) is 19.4 Å². The van der Waals surface area contributed by atoms with Gasteiger partial charge in [-0.2, -0.15) is 0 Å². The molecule has 1 aliphatic heterocycles. The number of urea groups is 1. The fourth-order valence-corrected chi connectivity index (χ4v) is 3.79. The molecule has 150 valence electrons. The number of halogens is 1. The van der Waals surface area contributed by atoms with E-state index in [2.05, 4.69) is 31.9 Å². The molecule has 2 aromatic rings. The van der Waals surface area contributed by atoms with Crippen LogP contribution >= 0.6 is 15.9 Å². The van der Waals surface area contributed by atoms with Crippen LogP contribution < -0.4 is 16.0 Å². The van der Waals surface area contributed by atoms with E-state index in [1.54, 1.807) is 55.5 Å². The molecule has 0 spiro atoms. The molecule has 3 rings (SSSR count). The number of rotatable bonds is 5. The fourth-order valence-electron chi connectivity index (χ4n) is 3.11. The molecule has 9 heteroatoms. The van der Waals surface area contributed by atoms with Gasteiger partial charge in [0, 0.05) is 28.3 Å². The number of anilines is 2. The van der Waals surface area contributed by atoms with Crippen LogP contribution in [0, 0.1) is 0 Å². The molecular formula is C20H19BrN4O4. The van der Waals surface area contributed by atoms with Crippen molar-refractivity contribution in [2.24, 2.45) is 0 Å². The smallest absolute Gasteiger partial charge is 0.325 e. The van der Waals surface area contributed by atoms with Crippen LogP contribution in [-0.2, 0) is 19.9 Å². The summed E-state index contributed by atoms with van der Waals surface area (Å²) in [6.45, 7) is 2.54. The SMILES string of the molecule is CC(=O)Nc1cccc(NC(=O)CN2C(=O)N[C@](C)(c3ccccc3Br)C2=O)c1. The molecular weight excluding hydrogens is 440 g/mol. The quantitative estimate of drug-likeness (QED) is 0.598. The molecule has 1 heterocycles. The maximum atomic E-state index is 12.9. The van der Waals surface area contributed by atoms with E-state index in [9.17, 15) is 19.2 Å². The second kappa shape index (κ2) is 8.04. The third-order valence-corrected chi connectivity index (χ3v) is 5.15. The summed E-state index contributed by atoms with van der Waals surface area (Å²) in [6, 6.07) is 13.0. The van der Waals surface area contributed by atoms with E-state index in [1.807, 2.05) is 0 Å². The zero-order valence-electron chi connectivity index (χ0n) is 15.8. The van der Waals surface area contributed by atoms with E-state index < -0.39 is 29.9 Å². The molecule has 5 amide bonds. The summed E-state index contributed by atoms with van der Waals surface area (Å²) in [5, 5.41) is 7.91. The second-order valence-corrected chi connectivity index (χ2v) is 7.59. The highest BCUT2D eigenvalue weighted by molar-refractivity contribution is 9.10. The lowest BCUT2D eigenvalue weighted by Crippen LogP contribution is -2.42. The van der Waals surface area contributed by atoms with Gasteiger partial charge in [0.15, 0.2) is 0 Å². The van der Waals surface area contributed by atoms with Gasteiger partial charge >= 0.3 is 6.03 Å². The number of nitrogens with one attached hydrogen (secondary N) is 3. The number of imide groups is 1. The van der Waals surface area contributed by atoms with Crippen molar-refractivity contribution in [1.82, 2.24) is 10.2 Å². The normalized spacial score (nSPS) is 18.4. The second-order valence-electron chi connectivity index (χ2n) is 6.74. The topological polar surface area (TPSA) is 108 Å². The first-order valence-electron chi connectivity index (χ1n) is 8.77. The van der Waals surface area contributed by atoms with Crippen molar-refractivity contribution >= 4 is 51.1 Å². The molecule has 1 atom stereocenters. The number of hydrogen-bond donors (Lipinski definition) is 3. The van der Waals surface area contributed by atoms with Gasteiger partial charge in [-0.1, -0.05) is 40.2 Å². The highest BCUT2D eigenvalue weighted by Crippen LogP contribution is 2.33. The molecule has 1 saturated heterocycles.